The SMILES string of the molecule is CC(C)[C@@H](C)/C=C/[C@@H](C)[C@@H]1CC[C@@H]2C3=CC[C@@H]4C[C@H](O)CC[C@]4(C)[C@H]3CC[C@]21C. The monoisotopic (exact) mass is 398 g/mol. The Morgan fingerprint density at radius 1 is 0.931 bits per heavy atom. The summed E-state index contributed by atoms with van der Waals surface area (Å²) in [4.78, 5) is 0. The van der Waals surface area contributed by atoms with E-state index in [0.717, 1.165) is 36.5 Å². The lowest BCUT2D eigenvalue weighted by atomic mass is 9.47. The van der Waals surface area contributed by atoms with Crippen LogP contribution in [0.3, 0.4) is 0 Å². The Bertz CT molecular complexity index is 659. The highest BCUT2D eigenvalue weighted by Gasteiger charge is 2.57. The van der Waals surface area contributed by atoms with Crippen LogP contribution in [0.15, 0.2) is 23.8 Å². The topological polar surface area (TPSA) is 20.2 Å². The van der Waals surface area contributed by atoms with Gasteiger partial charge in [-0.2, -0.15) is 0 Å². The number of hydrogen-bond acceptors (Lipinski definition) is 1. The second-order valence-electron chi connectivity index (χ2n) is 12.3. The predicted molar refractivity (Wildman–Crippen MR) is 124 cm³/mol. The Morgan fingerprint density at radius 3 is 2.34 bits per heavy atom. The van der Waals surface area contributed by atoms with Crippen LogP contribution < -0.4 is 0 Å². The summed E-state index contributed by atoms with van der Waals surface area (Å²) >= 11 is 0. The van der Waals surface area contributed by atoms with Crippen molar-refractivity contribution in [3.8, 4) is 0 Å². The van der Waals surface area contributed by atoms with Crippen LogP contribution in [0.5, 0.6) is 0 Å². The summed E-state index contributed by atoms with van der Waals surface area (Å²) in [7, 11) is 0. The molecule has 0 bridgehead atoms. The average Bonchev–Trinajstić information content (AvgIpc) is 3.03. The van der Waals surface area contributed by atoms with Crippen molar-refractivity contribution in [2.24, 2.45) is 52.3 Å². The first-order valence-corrected chi connectivity index (χ1v) is 12.7. The zero-order chi connectivity index (χ0) is 21.0. The standard InChI is InChI=1S/C28H46O/c1-18(2)19(3)7-8-20(4)24-11-12-25-23-10-9-21-17-22(29)13-15-27(21,5)26(23)14-16-28(24,25)6/h7-8,10,18-22,24-26,29H,9,11-17H2,1-6H3/b8-7+/t19-,20+,21+,22+,24-,25+,26-,27-,28-/m0/s1. The average molecular weight is 399 g/mol. The Hall–Kier alpha value is -0.560. The summed E-state index contributed by atoms with van der Waals surface area (Å²) < 4.78 is 0. The number of aliphatic hydroxyl groups is 1. The minimum Gasteiger partial charge on any atom is -0.393 e. The quantitative estimate of drug-likeness (QED) is 0.489. The van der Waals surface area contributed by atoms with Gasteiger partial charge >= 0.3 is 0 Å². The van der Waals surface area contributed by atoms with Gasteiger partial charge in [0.2, 0.25) is 0 Å². The summed E-state index contributed by atoms with van der Waals surface area (Å²) in [5.74, 6) is 5.25. The van der Waals surface area contributed by atoms with Crippen molar-refractivity contribution in [2.75, 3.05) is 0 Å². The molecule has 0 radical (unpaired) electrons. The second kappa shape index (κ2) is 7.85. The smallest absolute Gasteiger partial charge is 0.0543 e. The van der Waals surface area contributed by atoms with Crippen molar-refractivity contribution >= 4 is 0 Å². The van der Waals surface area contributed by atoms with Crippen LogP contribution in [-0.2, 0) is 0 Å². The summed E-state index contributed by atoms with van der Waals surface area (Å²) in [5, 5.41) is 10.2. The molecule has 1 nitrogen and oxygen atoms in total. The van der Waals surface area contributed by atoms with Crippen LogP contribution in [0.25, 0.3) is 0 Å². The van der Waals surface area contributed by atoms with Crippen molar-refractivity contribution in [3.63, 3.8) is 0 Å². The Labute approximate surface area is 180 Å². The van der Waals surface area contributed by atoms with Crippen molar-refractivity contribution < 1.29 is 5.11 Å². The maximum Gasteiger partial charge on any atom is 0.0543 e. The van der Waals surface area contributed by atoms with E-state index in [0.29, 0.717) is 28.6 Å². The Balaban J connectivity index is 1.54. The van der Waals surface area contributed by atoms with Crippen molar-refractivity contribution in [1.29, 1.82) is 0 Å². The van der Waals surface area contributed by atoms with Gasteiger partial charge in [-0.3, -0.25) is 0 Å². The molecule has 1 heteroatoms. The molecule has 0 aliphatic heterocycles. The fourth-order valence-corrected chi connectivity index (χ4v) is 8.10. The van der Waals surface area contributed by atoms with Gasteiger partial charge in [-0.15, -0.1) is 0 Å². The maximum atomic E-state index is 10.2. The molecule has 0 unspecified atom stereocenters. The molecule has 0 aromatic heterocycles. The van der Waals surface area contributed by atoms with E-state index in [1.807, 2.05) is 5.57 Å². The molecule has 4 aliphatic carbocycles. The van der Waals surface area contributed by atoms with E-state index in [9.17, 15) is 5.11 Å². The molecule has 0 amide bonds. The van der Waals surface area contributed by atoms with Crippen LogP contribution in [0.4, 0.5) is 0 Å². The largest absolute Gasteiger partial charge is 0.393 e. The summed E-state index contributed by atoms with van der Waals surface area (Å²) in [6.45, 7) is 14.7. The molecule has 29 heavy (non-hydrogen) atoms. The summed E-state index contributed by atoms with van der Waals surface area (Å²) in [5.41, 5.74) is 2.79. The minimum absolute atomic E-state index is 0.0476. The van der Waals surface area contributed by atoms with Crippen LogP contribution in [0, 0.1) is 52.3 Å². The predicted octanol–water partition coefficient (Wildman–Crippen LogP) is 7.41. The highest BCUT2D eigenvalue weighted by molar-refractivity contribution is 5.28. The number of hydrogen-bond donors (Lipinski definition) is 1. The Kier molecular flexibility index (Phi) is 5.86. The van der Waals surface area contributed by atoms with Crippen LogP contribution in [0.1, 0.15) is 92.9 Å². The van der Waals surface area contributed by atoms with E-state index in [2.05, 4.69) is 59.8 Å². The van der Waals surface area contributed by atoms with Crippen LogP contribution >= 0.6 is 0 Å². The minimum atomic E-state index is -0.0476. The van der Waals surface area contributed by atoms with E-state index in [1.165, 1.54) is 38.5 Å². The normalized spacial score (nSPS) is 46.8. The first kappa shape index (κ1) is 21.7. The first-order chi connectivity index (χ1) is 13.7. The number of fused-ring (bicyclic) bond motifs is 5. The van der Waals surface area contributed by atoms with Gasteiger partial charge < -0.3 is 5.11 Å². The Morgan fingerprint density at radius 2 is 1.62 bits per heavy atom. The lowest BCUT2D eigenvalue weighted by Gasteiger charge is -2.57. The van der Waals surface area contributed by atoms with Gasteiger partial charge in [-0.05, 0) is 104 Å². The third-order valence-electron chi connectivity index (χ3n) is 10.5. The lowest BCUT2D eigenvalue weighted by molar-refractivity contribution is -0.0414. The molecule has 4 rings (SSSR count). The zero-order valence-electron chi connectivity index (χ0n) is 20.0. The third-order valence-corrected chi connectivity index (χ3v) is 10.5. The van der Waals surface area contributed by atoms with Crippen molar-refractivity contribution in [1.82, 2.24) is 0 Å². The molecule has 4 aliphatic rings. The summed E-state index contributed by atoms with van der Waals surface area (Å²) in [6.07, 6.45) is 17.8. The van der Waals surface area contributed by atoms with Crippen LogP contribution in [-0.4, -0.2) is 11.2 Å². The van der Waals surface area contributed by atoms with E-state index < -0.39 is 0 Å². The van der Waals surface area contributed by atoms with E-state index in [-0.39, 0.29) is 6.10 Å². The molecular formula is C28H46O. The zero-order valence-corrected chi connectivity index (χ0v) is 20.0. The first-order valence-electron chi connectivity index (χ1n) is 12.7. The molecule has 164 valence electrons. The fraction of sp³-hybridized carbons (Fsp3) is 0.857. The summed E-state index contributed by atoms with van der Waals surface area (Å²) in [6, 6.07) is 0. The van der Waals surface area contributed by atoms with E-state index >= 15 is 0 Å². The lowest BCUT2D eigenvalue weighted by Crippen LogP contribution is -2.49. The van der Waals surface area contributed by atoms with Gasteiger partial charge in [-0.25, -0.2) is 0 Å². The van der Waals surface area contributed by atoms with Crippen molar-refractivity contribution in [2.45, 2.75) is 99.0 Å². The number of allylic oxidation sites excluding steroid dienone is 4. The highest BCUT2D eigenvalue weighted by Crippen LogP contribution is 2.66. The molecule has 1 N–H and O–H groups in total. The number of rotatable bonds is 4. The highest BCUT2D eigenvalue weighted by atomic mass is 16.3. The molecule has 3 fully saturated rings. The van der Waals surface area contributed by atoms with E-state index in [1.54, 1.807) is 0 Å². The molecule has 0 spiro atoms. The third kappa shape index (κ3) is 3.58. The van der Waals surface area contributed by atoms with Crippen molar-refractivity contribution in [3.05, 3.63) is 23.8 Å². The molecule has 9 atom stereocenters. The molecule has 0 saturated heterocycles. The van der Waals surface area contributed by atoms with Gasteiger partial charge in [0.05, 0.1) is 6.10 Å². The number of aliphatic hydroxyl groups excluding tert-OH is 1. The molecule has 0 aromatic carbocycles. The molecule has 0 heterocycles. The molecule has 3 saturated carbocycles. The van der Waals surface area contributed by atoms with Gasteiger partial charge in [0, 0.05) is 0 Å². The van der Waals surface area contributed by atoms with Gasteiger partial charge in [0.15, 0.2) is 0 Å². The van der Waals surface area contributed by atoms with Gasteiger partial charge in [0.25, 0.3) is 0 Å². The molecule has 0 aromatic rings. The fourth-order valence-electron chi connectivity index (χ4n) is 8.10. The second-order valence-corrected chi connectivity index (χ2v) is 12.3. The van der Waals surface area contributed by atoms with Gasteiger partial charge in [0.1, 0.15) is 0 Å². The van der Waals surface area contributed by atoms with Crippen LogP contribution in [0.2, 0.25) is 0 Å². The molecular weight excluding hydrogens is 352 g/mol. The van der Waals surface area contributed by atoms with Gasteiger partial charge in [-0.1, -0.05) is 65.3 Å². The van der Waals surface area contributed by atoms with E-state index in [4.69, 9.17) is 0 Å². The maximum absolute atomic E-state index is 10.2.